The second-order valence-corrected chi connectivity index (χ2v) is 7.34. The van der Waals surface area contributed by atoms with Gasteiger partial charge in [-0.25, -0.2) is 4.79 Å². The van der Waals surface area contributed by atoms with Crippen molar-refractivity contribution in [3.63, 3.8) is 0 Å². The van der Waals surface area contributed by atoms with Gasteiger partial charge in [-0.05, 0) is 44.7 Å². The Labute approximate surface area is 154 Å². The predicted octanol–water partition coefficient (Wildman–Crippen LogP) is 1.76. The molecule has 1 aromatic heterocycles. The zero-order valence-electron chi connectivity index (χ0n) is 15.5. The molecule has 7 heteroatoms. The summed E-state index contributed by atoms with van der Waals surface area (Å²) in [6, 6.07) is 3.43. The molecule has 0 bridgehead atoms. The van der Waals surface area contributed by atoms with E-state index in [2.05, 4.69) is 15.5 Å². The van der Waals surface area contributed by atoms with Gasteiger partial charge in [0.05, 0.1) is 6.10 Å². The van der Waals surface area contributed by atoms with E-state index in [9.17, 15) is 14.7 Å². The summed E-state index contributed by atoms with van der Waals surface area (Å²) >= 11 is 0. The number of aromatic nitrogens is 1. The highest BCUT2D eigenvalue weighted by Crippen LogP contribution is 2.25. The van der Waals surface area contributed by atoms with Crippen molar-refractivity contribution < 1.29 is 9.90 Å². The number of amides is 2. The fourth-order valence-corrected chi connectivity index (χ4v) is 4.12. The smallest absolute Gasteiger partial charge is 0.319 e. The SMILES string of the molecule is CCn1cccc(NC(=O)NC2CCN(C3CCCCC3O)CC2)c1=O. The van der Waals surface area contributed by atoms with Gasteiger partial charge in [0, 0.05) is 37.9 Å². The Kier molecular flexibility index (Phi) is 6.32. The van der Waals surface area contributed by atoms with Gasteiger partial charge in [-0.2, -0.15) is 0 Å². The molecular weight excluding hydrogens is 332 g/mol. The lowest BCUT2D eigenvalue weighted by Gasteiger charge is -2.41. The van der Waals surface area contributed by atoms with E-state index in [4.69, 9.17) is 0 Å². The Morgan fingerprint density at radius 2 is 1.96 bits per heavy atom. The fraction of sp³-hybridized carbons (Fsp3) is 0.684. The van der Waals surface area contributed by atoms with E-state index >= 15 is 0 Å². The topological polar surface area (TPSA) is 86.6 Å². The molecular formula is C19H30N4O3. The first kappa shape index (κ1) is 18.9. The van der Waals surface area contributed by atoms with E-state index in [0.717, 1.165) is 45.2 Å². The quantitative estimate of drug-likeness (QED) is 0.762. The molecule has 1 saturated heterocycles. The molecule has 0 aromatic carbocycles. The molecule has 2 unspecified atom stereocenters. The number of carbonyl (C=O) groups is 1. The van der Waals surface area contributed by atoms with Gasteiger partial charge in [-0.3, -0.25) is 9.69 Å². The molecule has 1 saturated carbocycles. The number of piperidine rings is 1. The molecule has 2 fully saturated rings. The highest BCUT2D eigenvalue weighted by molar-refractivity contribution is 5.89. The minimum atomic E-state index is -0.327. The lowest BCUT2D eigenvalue weighted by molar-refractivity contribution is 0.00786. The van der Waals surface area contributed by atoms with Crippen LogP contribution in [0.15, 0.2) is 23.1 Å². The number of urea groups is 1. The Morgan fingerprint density at radius 3 is 2.65 bits per heavy atom. The van der Waals surface area contributed by atoms with Gasteiger partial charge in [-0.1, -0.05) is 12.8 Å². The van der Waals surface area contributed by atoms with Crippen LogP contribution < -0.4 is 16.2 Å². The number of carbonyl (C=O) groups excluding carboxylic acids is 1. The van der Waals surface area contributed by atoms with Crippen molar-refractivity contribution in [2.75, 3.05) is 18.4 Å². The number of aliphatic hydroxyl groups excluding tert-OH is 1. The van der Waals surface area contributed by atoms with E-state index in [1.54, 1.807) is 22.9 Å². The van der Waals surface area contributed by atoms with Crippen molar-refractivity contribution in [3.8, 4) is 0 Å². The average Bonchev–Trinajstić information content (AvgIpc) is 2.65. The predicted molar refractivity (Wildman–Crippen MR) is 101 cm³/mol. The number of likely N-dealkylation sites (tertiary alicyclic amines) is 1. The van der Waals surface area contributed by atoms with Crippen molar-refractivity contribution in [1.29, 1.82) is 0 Å². The molecule has 0 spiro atoms. The maximum absolute atomic E-state index is 12.2. The van der Waals surface area contributed by atoms with E-state index in [1.807, 2.05) is 6.92 Å². The summed E-state index contributed by atoms with van der Waals surface area (Å²) in [5.74, 6) is 0. The molecule has 144 valence electrons. The van der Waals surface area contributed by atoms with Gasteiger partial charge in [0.25, 0.3) is 5.56 Å². The van der Waals surface area contributed by atoms with Crippen LogP contribution >= 0.6 is 0 Å². The molecule has 2 aliphatic rings. The van der Waals surface area contributed by atoms with Crippen LogP contribution in [-0.4, -0.2) is 51.9 Å². The lowest BCUT2D eigenvalue weighted by atomic mass is 9.89. The number of rotatable bonds is 4. The molecule has 3 N–H and O–H groups in total. The molecule has 26 heavy (non-hydrogen) atoms. The van der Waals surface area contributed by atoms with Gasteiger partial charge in [0.15, 0.2) is 0 Å². The van der Waals surface area contributed by atoms with E-state index in [-0.39, 0.29) is 29.8 Å². The largest absolute Gasteiger partial charge is 0.391 e. The summed E-state index contributed by atoms with van der Waals surface area (Å²) in [7, 11) is 0. The molecule has 2 amide bonds. The number of anilines is 1. The number of aryl methyl sites for hydroxylation is 1. The van der Waals surface area contributed by atoms with Crippen molar-refractivity contribution in [2.45, 2.75) is 70.2 Å². The third-order valence-corrected chi connectivity index (χ3v) is 5.64. The van der Waals surface area contributed by atoms with Crippen LogP contribution in [0, 0.1) is 0 Å². The third kappa shape index (κ3) is 4.45. The maximum Gasteiger partial charge on any atom is 0.319 e. The summed E-state index contributed by atoms with van der Waals surface area (Å²) in [5, 5.41) is 15.9. The van der Waals surface area contributed by atoms with Crippen molar-refractivity contribution in [1.82, 2.24) is 14.8 Å². The highest BCUT2D eigenvalue weighted by Gasteiger charge is 2.31. The Balaban J connectivity index is 1.48. The van der Waals surface area contributed by atoms with Crippen LogP contribution in [0.4, 0.5) is 10.5 Å². The Bertz CT molecular complexity index is 667. The Hall–Kier alpha value is -1.86. The van der Waals surface area contributed by atoms with Crippen molar-refractivity contribution in [3.05, 3.63) is 28.7 Å². The monoisotopic (exact) mass is 362 g/mol. The summed E-state index contributed by atoms with van der Waals surface area (Å²) < 4.78 is 1.56. The van der Waals surface area contributed by atoms with Gasteiger partial charge < -0.3 is 20.3 Å². The molecule has 2 heterocycles. The molecule has 3 rings (SSSR count). The van der Waals surface area contributed by atoms with E-state index in [1.165, 1.54) is 6.42 Å². The molecule has 1 aliphatic carbocycles. The fourth-order valence-electron chi connectivity index (χ4n) is 4.12. The second kappa shape index (κ2) is 8.68. The van der Waals surface area contributed by atoms with E-state index in [0.29, 0.717) is 12.2 Å². The Morgan fingerprint density at radius 1 is 1.23 bits per heavy atom. The zero-order valence-corrected chi connectivity index (χ0v) is 15.5. The van der Waals surface area contributed by atoms with Gasteiger partial charge in [0.2, 0.25) is 0 Å². The molecule has 1 aromatic rings. The van der Waals surface area contributed by atoms with Gasteiger partial charge >= 0.3 is 6.03 Å². The normalized spacial score (nSPS) is 25.0. The lowest BCUT2D eigenvalue weighted by Crippen LogP contribution is -2.52. The van der Waals surface area contributed by atoms with Crippen LogP contribution in [0.1, 0.15) is 45.4 Å². The number of aliphatic hydroxyl groups is 1. The first-order valence-corrected chi connectivity index (χ1v) is 9.77. The minimum absolute atomic E-state index is 0.101. The first-order valence-electron chi connectivity index (χ1n) is 9.77. The summed E-state index contributed by atoms with van der Waals surface area (Å²) in [6.45, 7) is 4.24. The third-order valence-electron chi connectivity index (χ3n) is 5.64. The number of hydrogen-bond acceptors (Lipinski definition) is 4. The van der Waals surface area contributed by atoms with Crippen molar-refractivity contribution in [2.24, 2.45) is 0 Å². The summed E-state index contributed by atoms with van der Waals surface area (Å²) in [5.41, 5.74) is 0.112. The van der Waals surface area contributed by atoms with Crippen LogP contribution in [-0.2, 0) is 6.54 Å². The van der Waals surface area contributed by atoms with Crippen LogP contribution in [0.25, 0.3) is 0 Å². The number of pyridine rings is 1. The van der Waals surface area contributed by atoms with Gasteiger partial charge in [-0.15, -0.1) is 0 Å². The van der Waals surface area contributed by atoms with Gasteiger partial charge in [0.1, 0.15) is 5.69 Å². The highest BCUT2D eigenvalue weighted by atomic mass is 16.3. The van der Waals surface area contributed by atoms with Crippen LogP contribution in [0.5, 0.6) is 0 Å². The first-order chi connectivity index (χ1) is 12.6. The molecule has 2 atom stereocenters. The second-order valence-electron chi connectivity index (χ2n) is 7.34. The zero-order chi connectivity index (χ0) is 18.5. The molecule has 7 nitrogen and oxygen atoms in total. The van der Waals surface area contributed by atoms with E-state index < -0.39 is 0 Å². The average molecular weight is 362 g/mol. The maximum atomic E-state index is 12.2. The number of hydrogen-bond donors (Lipinski definition) is 3. The standard InChI is InChI=1S/C19H30N4O3/c1-2-22-11-5-6-15(18(22)25)21-19(26)20-14-9-12-23(13-10-14)16-7-3-4-8-17(16)24/h5-6,11,14,16-17,24H,2-4,7-10,12-13H2,1H3,(H2,20,21,26). The number of nitrogens with one attached hydrogen (secondary N) is 2. The summed E-state index contributed by atoms with van der Waals surface area (Å²) in [4.78, 5) is 26.8. The molecule has 1 aliphatic heterocycles. The van der Waals surface area contributed by atoms with Crippen molar-refractivity contribution >= 4 is 11.7 Å². The molecule has 0 radical (unpaired) electrons. The number of nitrogens with zero attached hydrogens (tertiary/aromatic N) is 2. The van der Waals surface area contributed by atoms with Crippen LogP contribution in [0.3, 0.4) is 0 Å². The minimum Gasteiger partial charge on any atom is -0.391 e. The summed E-state index contributed by atoms with van der Waals surface area (Å²) in [6.07, 6.45) is 7.50. The van der Waals surface area contributed by atoms with Crippen LogP contribution in [0.2, 0.25) is 0 Å².